The predicted molar refractivity (Wildman–Crippen MR) is 159 cm³/mol. The van der Waals surface area contributed by atoms with Crippen molar-refractivity contribution in [1.29, 1.82) is 0 Å². The molecule has 2 saturated carbocycles. The van der Waals surface area contributed by atoms with Crippen LogP contribution >= 0.6 is 0 Å². The fourth-order valence-corrected chi connectivity index (χ4v) is 4.25. The number of hydrogen-bond acceptors (Lipinski definition) is 0. The Morgan fingerprint density at radius 1 is 0.472 bits per heavy atom. The van der Waals surface area contributed by atoms with Crippen molar-refractivity contribution in [2.24, 2.45) is 23.7 Å². The van der Waals surface area contributed by atoms with Crippen molar-refractivity contribution in [3.63, 3.8) is 0 Å². The van der Waals surface area contributed by atoms with Gasteiger partial charge in [0.05, 0.1) is 0 Å². The molecule has 0 heterocycles. The van der Waals surface area contributed by atoms with Crippen molar-refractivity contribution in [3.8, 4) is 0 Å². The van der Waals surface area contributed by atoms with E-state index in [0.717, 1.165) is 34.8 Å². The van der Waals surface area contributed by atoms with Crippen LogP contribution < -0.4 is 0 Å². The molecule has 36 heavy (non-hydrogen) atoms. The standard InChI is InChI=1S/2C8H9F.2C8H16.2CH4/c2*1-6-3-4-7(2)8(9)5-6;2*1-7-3-5-8(2)6-4-7;;/h2*3-5H,1-2H3;2*7-8H,3-6H2,1-2H3;2*1H4. The zero-order valence-electron chi connectivity index (χ0n) is 23.2. The molecular weight excluding hydrogens is 446 g/mol. The van der Waals surface area contributed by atoms with E-state index in [4.69, 9.17) is 0 Å². The minimum atomic E-state index is -0.116. The Morgan fingerprint density at radius 2 is 0.694 bits per heavy atom. The van der Waals surface area contributed by atoms with Gasteiger partial charge in [0.25, 0.3) is 0 Å². The van der Waals surface area contributed by atoms with Crippen LogP contribution in [0.3, 0.4) is 0 Å². The van der Waals surface area contributed by atoms with Gasteiger partial charge in [-0.2, -0.15) is 0 Å². The molecule has 0 aromatic heterocycles. The fraction of sp³-hybridized carbons (Fsp3) is 0.647. The summed E-state index contributed by atoms with van der Waals surface area (Å²) >= 11 is 0. The van der Waals surface area contributed by atoms with Gasteiger partial charge in [-0.05, 0) is 85.8 Å². The van der Waals surface area contributed by atoms with E-state index in [1.807, 2.05) is 26.0 Å². The van der Waals surface area contributed by atoms with Gasteiger partial charge in [-0.25, -0.2) is 8.78 Å². The summed E-state index contributed by atoms with van der Waals surface area (Å²) in [6, 6.07) is 10.4. The minimum Gasteiger partial charge on any atom is -0.207 e. The molecule has 0 spiro atoms. The first-order chi connectivity index (χ1) is 16.0. The van der Waals surface area contributed by atoms with E-state index in [1.165, 1.54) is 63.5 Å². The van der Waals surface area contributed by atoms with Crippen LogP contribution in [-0.2, 0) is 0 Å². The first-order valence-electron chi connectivity index (χ1n) is 13.4. The van der Waals surface area contributed by atoms with E-state index < -0.39 is 0 Å². The number of hydrogen-bond donors (Lipinski definition) is 0. The van der Waals surface area contributed by atoms with Gasteiger partial charge in [-0.1, -0.05) is 118 Å². The Balaban J connectivity index is 0. The Labute approximate surface area is 224 Å². The SMILES string of the molecule is C.C.CC1CCC(C)CC1.CC1CCC(C)CC1.Cc1ccc(C)c(F)c1.Cc1ccc(C)c(F)c1. The zero-order chi connectivity index (χ0) is 25.7. The van der Waals surface area contributed by atoms with Crippen molar-refractivity contribution < 1.29 is 8.78 Å². The maximum atomic E-state index is 12.6. The first-order valence-corrected chi connectivity index (χ1v) is 13.4. The Hall–Kier alpha value is -1.70. The van der Waals surface area contributed by atoms with Gasteiger partial charge < -0.3 is 0 Å². The second-order valence-electron chi connectivity index (χ2n) is 11.2. The Kier molecular flexibility index (Phi) is 19.7. The van der Waals surface area contributed by atoms with Gasteiger partial charge in [0.1, 0.15) is 11.6 Å². The average molecular weight is 505 g/mol. The molecule has 2 aromatic rings. The third kappa shape index (κ3) is 16.1. The summed E-state index contributed by atoms with van der Waals surface area (Å²) in [5.74, 6) is 3.85. The summed E-state index contributed by atoms with van der Waals surface area (Å²) in [4.78, 5) is 0. The predicted octanol–water partition coefficient (Wildman–Crippen LogP) is 11.8. The second kappa shape index (κ2) is 19.4. The van der Waals surface area contributed by atoms with E-state index in [2.05, 4.69) is 27.7 Å². The van der Waals surface area contributed by atoms with Gasteiger partial charge in [-0.3, -0.25) is 0 Å². The molecule has 2 aliphatic rings. The first kappa shape index (κ1) is 36.5. The van der Waals surface area contributed by atoms with Gasteiger partial charge >= 0.3 is 0 Å². The molecule has 0 amide bonds. The van der Waals surface area contributed by atoms with E-state index in [1.54, 1.807) is 26.0 Å². The number of benzene rings is 2. The third-order valence-electron chi connectivity index (χ3n) is 7.26. The van der Waals surface area contributed by atoms with E-state index in [0.29, 0.717) is 11.1 Å². The summed E-state index contributed by atoms with van der Waals surface area (Å²) < 4.78 is 25.2. The Morgan fingerprint density at radius 3 is 0.861 bits per heavy atom. The lowest BCUT2D eigenvalue weighted by atomic mass is 9.84. The molecule has 0 atom stereocenters. The summed E-state index contributed by atoms with van der Waals surface area (Å²) in [5, 5.41) is 0. The largest absolute Gasteiger partial charge is 0.207 e. The van der Waals surface area contributed by atoms with Gasteiger partial charge in [0.2, 0.25) is 0 Å². The lowest BCUT2D eigenvalue weighted by Crippen LogP contribution is -2.08. The van der Waals surface area contributed by atoms with Crippen molar-refractivity contribution in [2.75, 3.05) is 0 Å². The molecule has 2 aliphatic carbocycles. The van der Waals surface area contributed by atoms with Crippen LogP contribution in [0.5, 0.6) is 0 Å². The molecule has 0 bridgehead atoms. The van der Waals surface area contributed by atoms with Crippen LogP contribution in [0.25, 0.3) is 0 Å². The van der Waals surface area contributed by atoms with Crippen LogP contribution in [0.2, 0.25) is 0 Å². The summed E-state index contributed by atoms with van der Waals surface area (Å²) in [5.41, 5.74) is 3.36. The fourth-order valence-electron chi connectivity index (χ4n) is 4.25. The highest BCUT2D eigenvalue weighted by atomic mass is 19.1. The van der Waals surface area contributed by atoms with Crippen molar-refractivity contribution in [3.05, 3.63) is 70.3 Å². The van der Waals surface area contributed by atoms with Crippen molar-refractivity contribution >= 4 is 0 Å². The van der Waals surface area contributed by atoms with Gasteiger partial charge in [0.15, 0.2) is 0 Å². The Bertz CT molecular complexity index is 720. The molecule has 2 fully saturated rings. The summed E-state index contributed by atoms with van der Waals surface area (Å²) in [6.07, 6.45) is 11.8. The highest BCUT2D eigenvalue weighted by Gasteiger charge is 2.13. The molecule has 0 saturated heterocycles. The van der Waals surface area contributed by atoms with Crippen molar-refractivity contribution in [2.45, 2.75) is 122 Å². The van der Waals surface area contributed by atoms with Crippen LogP contribution in [0.4, 0.5) is 8.78 Å². The van der Waals surface area contributed by atoms with E-state index >= 15 is 0 Å². The van der Waals surface area contributed by atoms with Crippen molar-refractivity contribution in [1.82, 2.24) is 0 Å². The lowest BCUT2D eigenvalue weighted by Gasteiger charge is -2.22. The average Bonchev–Trinajstić information content (AvgIpc) is 2.79. The summed E-state index contributed by atoms with van der Waals surface area (Å²) in [6.45, 7) is 16.7. The number of aryl methyl sites for hydroxylation is 4. The smallest absolute Gasteiger partial charge is 0.126 e. The van der Waals surface area contributed by atoms with Crippen LogP contribution in [-0.4, -0.2) is 0 Å². The van der Waals surface area contributed by atoms with E-state index in [-0.39, 0.29) is 26.5 Å². The molecule has 2 aromatic carbocycles. The topological polar surface area (TPSA) is 0 Å². The monoisotopic (exact) mass is 504 g/mol. The van der Waals surface area contributed by atoms with Crippen LogP contribution in [0, 0.1) is 63.0 Å². The van der Waals surface area contributed by atoms with Crippen LogP contribution in [0.1, 0.15) is 116 Å². The molecule has 0 aliphatic heterocycles. The molecule has 2 heteroatoms. The molecule has 0 N–H and O–H groups in total. The molecule has 0 radical (unpaired) electrons. The maximum absolute atomic E-state index is 12.6. The highest BCUT2D eigenvalue weighted by molar-refractivity contribution is 5.22. The number of rotatable bonds is 0. The zero-order valence-corrected chi connectivity index (χ0v) is 23.2. The van der Waals surface area contributed by atoms with Crippen LogP contribution in [0.15, 0.2) is 36.4 Å². The molecular formula is C34H58F2. The third-order valence-corrected chi connectivity index (χ3v) is 7.26. The molecule has 0 unspecified atom stereocenters. The lowest BCUT2D eigenvalue weighted by molar-refractivity contribution is 0.308. The second-order valence-corrected chi connectivity index (χ2v) is 11.2. The number of halogens is 2. The van der Waals surface area contributed by atoms with E-state index in [9.17, 15) is 8.78 Å². The normalized spacial score (nSPS) is 22.5. The molecule has 0 nitrogen and oxygen atoms in total. The van der Waals surface area contributed by atoms with Gasteiger partial charge in [0, 0.05) is 0 Å². The van der Waals surface area contributed by atoms with Gasteiger partial charge in [-0.15, -0.1) is 0 Å². The minimum absolute atomic E-state index is 0. The molecule has 208 valence electrons. The summed E-state index contributed by atoms with van der Waals surface area (Å²) in [7, 11) is 0. The maximum Gasteiger partial charge on any atom is 0.126 e. The molecule has 4 rings (SSSR count). The quantitative estimate of drug-likeness (QED) is 0.334. The highest BCUT2D eigenvalue weighted by Crippen LogP contribution is 2.27.